The van der Waals surface area contributed by atoms with Crippen LogP contribution in [-0.2, 0) is 0 Å². The third kappa shape index (κ3) is 2.73. The van der Waals surface area contributed by atoms with E-state index in [2.05, 4.69) is 94.9 Å². The molecule has 2 nitrogen and oxygen atoms in total. The minimum Gasteiger partial charge on any atom is -0.265 e. The predicted octanol–water partition coefficient (Wildman–Crippen LogP) is 5.82. The molecule has 3 heteroatoms. The lowest BCUT2D eigenvalue weighted by molar-refractivity contribution is 1.18. The van der Waals surface area contributed by atoms with Crippen molar-refractivity contribution < 1.29 is 0 Å². The molecule has 4 rings (SSSR count). The molecule has 0 aliphatic carbocycles. The molecule has 0 saturated heterocycles. The zero-order valence-electron chi connectivity index (χ0n) is 13.7. The van der Waals surface area contributed by atoms with Gasteiger partial charge in [-0.15, -0.1) is 10.0 Å². The molecule has 25 heavy (non-hydrogen) atoms. The van der Waals surface area contributed by atoms with Crippen LogP contribution in [-0.4, -0.2) is 9.97 Å². The average Bonchev–Trinajstić information content (AvgIpc) is 2.72. The van der Waals surface area contributed by atoms with Crippen molar-refractivity contribution in [2.75, 3.05) is 0 Å². The first-order chi connectivity index (χ1) is 12.4. The van der Waals surface area contributed by atoms with E-state index in [9.17, 15) is 0 Å². The third-order valence-electron chi connectivity index (χ3n) is 4.20. The Morgan fingerprint density at radius 2 is 0.720 bits per heavy atom. The number of pyridine rings is 2. The molecule has 122 valence electrons. The molecule has 2 aromatic carbocycles. The van der Waals surface area contributed by atoms with Crippen LogP contribution >= 0.6 is 10.0 Å². The molecule has 0 spiro atoms. The van der Waals surface area contributed by atoms with E-state index < -0.39 is 10.0 Å². The second kappa shape index (κ2) is 6.91. The zero-order valence-corrected chi connectivity index (χ0v) is 14.5. The van der Waals surface area contributed by atoms with E-state index in [1.807, 2.05) is 24.8 Å². The Morgan fingerprint density at radius 3 is 1.08 bits per heavy atom. The quantitative estimate of drug-likeness (QED) is 0.467. The third-order valence-corrected chi connectivity index (χ3v) is 8.12. The summed E-state index contributed by atoms with van der Waals surface area (Å²) in [6, 6.07) is 30.0. The summed E-state index contributed by atoms with van der Waals surface area (Å²) in [4.78, 5) is 13.6. The molecular weight excluding hydrogens is 324 g/mol. The van der Waals surface area contributed by atoms with Crippen LogP contribution in [0.2, 0.25) is 0 Å². The Bertz CT molecular complexity index is 763. The maximum absolute atomic E-state index is 4.24. The van der Waals surface area contributed by atoms with Gasteiger partial charge in [-0.05, 0) is 48.5 Å². The van der Waals surface area contributed by atoms with Crippen molar-refractivity contribution in [1.82, 2.24) is 9.97 Å². The van der Waals surface area contributed by atoms with Gasteiger partial charge in [-0.25, -0.2) is 0 Å². The summed E-state index contributed by atoms with van der Waals surface area (Å²) >= 11 is 0. The van der Waals surface area contributed by atoms with Crippen molar-refractivity contribution in [3.8, 4) is 0 Å². The van der Waals surface area contributed by atoms with E-state index in [1.165, 1.54) is 19.6 Å². The molecular formula is C22H18N2S. The molecule has 0 saturated carbocycles. The van der Waals surface area contributed by atoms with Gasteiger partial charge < -0.3 is 0 Å². The van der Waals surface area contributed by atoms with Gasteiger partial charge in [0.1, 0.15) is 0 Å². The van der Waals surface area contributed by atoms with Gasteiger partial charge in [-0.1, -0.05) is 36.4 Å². The van der Waals surface area contributed by atoms with Crippen molar-refractivity contribution in [2.45, 2.75) is 19.6 Å². The number of rotatable bonds is 4. The number of hydrogen-bond donors (Lipinski definition) is 0. The van der Waals surface area contributed by atoms with Gasteiger partial charge in [-0.3, -0.25) is 9.97 Å². The summed E-state index contributed by atoms with van der Waals surface area (Å²) < 4.78 is 0. The topological polar surface area (TPSA) is 25.8 Å². The van der Waals surface area contributed by atoms with Gasteiger partial charge in [0.25, 0.3) is 0 Å². The number of hydrogen-bond acceptors (Lipinski definition) is 2. The molecule has 2 aromatic heterocycles. The van der Waals surface area contributed by atoms with E-state index in [1.54, 1.807) is 0 Å². The van der Waals surface area contributed by atoms with Gasteiger partial charge in [0.05, 0.1) is 0 Å². The molecule has 0 radical (unpaired) electrons. The number of benzene rings is 2. The van der Waals surface area contributed by atoms with Crippen molar-refractivity contribution in [1.29, 1.82) is 0 Å². The maximum Gasteiger partial charge on any atom is 0.0278 e. The zero-order chi connectivity index (χ0) is 17.0. The molecule has 0 bridgehead atoms. The standard InChI is InChI=1S/C22H18N2S/c1-3-7-19(8-4-1)25(20-9-5-2-6-10-20,21-11-15-23-16-12-21)22-13-17-24-18-14-22/h1-18H. The lowest BCUT2D eigenvalue weighted by Gasteiger charge is -2.41. The Labute approximate surface area is 149 Å². The second-order valence-corrected chi connectivity index (χ2v) is 8.71. The van der Waals surface area contributed by atoms with Gasteiger partial charge in [0, 0.05) is 44.4 Å². The molecule has 0 N–H and O–H groups in total. The molecule has 0 unspecified atom stereocenters. The average molecular weight is 342 g/mol. The number of aromatic nitrogens is 2. The molecule has 0 fully saturated rings. The smallest absolute Gasteiger partial charge is 0.0278 e. The van der Waals surface area contributed by atoms with Gasteiger partial charge >= 0.3 is 0 Å². The number of nitrogens with zero attached hydrogens (tertiary/aromatic N) is 2. The van der Waals surface area contributed by atoms with Crippen molar-refractivity contribution in [3.63, 3.8) is 0 Å². The van der Waals surface area contributed by atoms with E-state index in [0.717, 1.165) is 0 Å². The summed E-state index contributed by atoms with van der Waals surface area (Å²) in [6.45, 7) is 0. The lowest BCUT2D eigenvalue weighted by Crippen LogP contribution is -2.05. The SMILES string of the molecule is c1ccc(S(c2ccccc2)(c2ccncc2)c2ccncc2)cc1. The molecule has 4 aromatic rings. The fourth-order valence-electron chi connectivity index (χ4n) is 3.15. The van der Waals surface area contributed by atoms with Crippen molar-refractivity contribution in [3.05, 3.63) is 110 Å². The first-order valence-electron chi connectivity index (χ1n) is 8.16. The van der Waals surface area contributed by atoms with Crippen LogP contribution in [0.15, 0.2) is 129 Å². The first-order valence-corrected chi connectivity index (χ1v) is 9.79. The molecule has 0 atom stereocenters. The van der Waals surface area contributed by atoms with Gasteiger partial charge in [0.15, 0.2) is 0 Å². The van der Waals surface area contributed by atoms with E-state index >= 15 is 0 Å². The van der Waals surface area contributed by atoms with Crippen LogP contribution in [0.5, 0.6) is 0 Å². The van der Waals surface area contributed by atoms with E-state index in [-0.39, 0.29) is 0 Å². The summed E-state index contributed by atoms with van der Waals surface area (Å²) in [5.41, 5.74) is 0. The maximum atomic E-state index is 4.24. The molecule has 0 amide bonds. The van der Waals surface area contributed by atoms with Gasteiger partial charge in [0.2, 0.25) is 0 Å². The highest BCUT2D eigenvalue weighted by molar-refractivity contribution is 8.34. The fourth-order valence-corrected chi connectivity index (χ4v) is 6.97. The fraction of sp³-hybridized carbons (Fsp3) is 0. The Kier molecular flexibility index (Phi) is 4.32. The van der Waals surface area contributed by atoms with Crippen LogP contribution in [0.4, 0.5) is 0 Å². The van der Waals surface area contributed by atoms with Crippen LogP contribution < -0.4 is 0 Å². The van der Waals surface area contributed by atoms with E-state index in [4.69, 9.17) is 0 Å². The van der Waals surface area contributed by atoms with Crippen LogP contribution in [0.25, 0.3) is 0 Å². The Morgan fingerprint density at radius 1 is 0.400 bits per heavy atom. The normalized spacial score (nSPS) is 11.8. The minimum atomic E-state index is -1.59. The predicted molar refractivity (Wildman–Crippen MR) is 102 cm³/mol. The highest BCUT2D eigenvalue weighted by Crippen LogP contribution is 2.73. The first kappa shape index (κ1) is 15.6. The molecule has 2 heterocycles. The Hall–Kier alpha value is -2.91. The minimum absolute atomic E-state index is 1.27. The summed E-state index contributed by atoms with van der Waals surface area (Å²) in [5.74, 6) is 0. The second-order valence-electron chi connectivity index (χ2n) is 5.60. The van der Waals surface area contributed by atoms with Crippen LogP contribution in [0, 0.1) is 0 Å². The van der Waals surface area contributed by atoms with Gasteiger partial charge in [-0.2, -0.15) is 0 Å². The van der Waals surface area contributed by atoms with E-state index in [0.29, 0.717) is 0 Å². The summed E-state index contributed by atoms with van der Waals surface area (Å²) in [7, 11) is -1.59. The van der Waals surface area contributed by atoms with Crippen LogP contribution in [0.1, 0.15) is 0 Å². The van der Waals surface area contributed by atoms with Crippen LogP contribution in [0.3, 0.4) is 0 Å². The highest BCUT2D eigenvalue weighted by atomic mass is 32.3. The summed E-state index contributed by atoms with van der Waals surface area (Å²) in [6.07, 6.45) is 7.52. The monoisotopic (exact) mass is 342 g/mol. The van der Waals surface area contributed by atoms with Crippen molar-refractivity contribution >= 4 is 10.0 Å². The van der Waals surface area contributed by atoms with Crippen molar-refractivity contribution in [2.24, 2.45) is 0 Å². The Balaban J connectivity index is 2.13. The molecule has 0 aliphatic heterocycles. The lowest BCUT2D eigenvalue weighted by atomic mass is 10.4. The highest BCUT2D eigenvalue weighted by Gasteiger charge is 2.32. The summed E-state index contributed by atoms with van der Waals surface area (Å²) in [5, 5.41) is 0. The largest absolute Gasteiger partial charge is 0.265 e. The molecule has 0 aliphatic rings.